The van der Waals surface area contributed by atoms with Gasteiger partial charge in [0.15, 0.2) is 6.61 Å². The molecular weight excluding hydrogens is 428 g/mol. The number of rotatable bonds is 9. The van der Waals surface area contributed by atoms with Gasteiger partial charge in [0.1, 0.15) is 11.5 Å². The molecule has 0 unspecified atom stereocenters. The van der Waals surface area contributed by atoms with E-state index in [4.69, 9.17) is 9.47 Å². The lowest BCUT2D eigenvalue weighted by Crippen LogP contribution is -2.26. The van der Waals surface area contributed by atoms with E-state index in [1.807, 2.05) is 43.3 Å². The molecule has 0 saturated carbocycles. The van der Waals surface area contributed by atoms with Crippen LogP contribution in [0, 0.1) is 6.92 Å². The second kappa shape index (κ2) is 10.3. The largest absolute Gasteiger partial charge is 0.495 e. The van der Waals surface area contributed by atoms with Crippen LogP contribution < -0.4 is 19.5 Å². The van der Waals surface area contributed by atoms with E-state index in [0.29, 0.717) is 17.2 Å². The lowest BCUT2D eigenvalue weighted by atomic mass is 10.1. The van der Waals surface area contributed by atoms with Crippen LogP contribution in [-0.2, 0) is 14.8 Å². The number of anilines is 1. The van der Waals surface area contributed by atoms with Gasteiger partial charge in [0.05, 0.1) is 17.7 Å². The highest BCUT2D eigenvalue weighted by Gasteiger charge is 2.18. The molecule has 0 aliphatic rings. The van der Waals surface area contributed by atoms with E-state index >= 15 is 0 Å². The van der Waals surface area contributed by atoms with Crippen molar-refractivity contribution >= 4 is 21.6 Å². The van der Waals surface area contributed by atoms with Crippen molar-refractivity contribution in [2.75, 3.05) is 19.0 Å². The standard InChI is InChI=1S/C24H26N2O5S/c1-17-9-14-23(30-3)22(15-17)25-24(27)16-31-20-10-12-21(13-11-20)32(28,29)26-18(2)19-7-5-4-6-8-19/h4-15,18,26H,16H2,1-3H3,(H,25,27)/t18-/m0/s1. The maximum atomic E-state index is 12.7. The molecule has 0 saturated heterocycles. The second-order valence-electron chi connectivity index (χ2n) is 7.27. The fraction of sp³-hybridized carbons (Fsp3) is 0.208. The smallest absolute Gasteiger partial charge is 0.262 e. The molecule has 0 aromatic heterocycles. The van der Waals surface area contributed by atoms with Crippen LogP contribution in [0.2, 0.25) is 0 Å². The molecule has 0 fully saturated rings. The number of sulfonamides is 1. The summed E-state index contributed by atoms with van der Waals surface area (Å²) in [5.74, 6) is 0.575. The van der Waals surface area contributed by atoms with Gasteiger partial charge >= 0.3 is 0 Å². The Bertz CT molecular complexity index is 1160. The molecule has 1 amide bonds. The van der Waals surface area contributed by atoms with Crippen molar-refractivity contribution in [3.63, 3.8) is 0 Å². The molecule has 3 aromatic carbocycles. The molecule has 0 bridgehead atoms. The Morgan fingerprint density at radius 1 is 1.00 bits per heavy atom. The zero-order chi connectivity index (χ0) is 23.1. The number of hydrogen-bond acceptors (Lipinski definition) is 5. The number of methoxy groups -OCH3 is 1. The molecule has 8 heteroatoms. The van der Waals surface area contributed by atoms with Gasteiger partial charge in [0.2, 0.25) is 10.0 Å². The molecule has 0 heterocycles. The van der Waals surface area contributed by atoms with Crippen molar-refractivity contribution in [2.45, 2.75) is 24.8 Å². The van der Waals surface area contributed by atoms with E-state index in [0.717, 1.165) is 11.1 Å². The minimum atomic E-state index is -3.71. The highest BCUT2D eigenvalue weighted by molar-refractivity contribution is 7.89. The van der Waals surface area contributed by atoms with Gasteiger partial charge < -0.3 is 14.8 Å². The number of hydrogen-bond donors (Lipinski definition) is 2. The Balaban J connectivity index is 1.58. The van der Waals surface area contributed by atoms with E-state index < -0.39 is 10.0 Å². The summed E-state index contributed by atoms with van der Waals surface area (Å²) in [6.45, 7) is 3.47. The normalized spacial score (nSPS) is 12.1. The topological polar surface area (TPSA) is 93.7 Å². The van der Waals surface area contributed by atoms with Gasteiger partial charge in [-0.2, -0.15) is 0 Å². The summed E-state index contributed by atoms with van der Waals surface area (Å²) in [5, 5.41) is 2.75. The molecule has 168 valence electrons. The summed E-state index contributed by atoms with van der Waals surface area (Å²) in [5.41, 5.74) is 2.41. The average molecular weight is 455 g/mol. The van der Waals surface area contributed by atoms with Crippen molar-refractivity contribution < 1.29 is 22.7 Å². The zero-order valence-corrected chi connectivity index (χ0v) is 19.0. The first-order valence-corrected chi connectivity index (χ1v) is 11.5. The minimum absolute atomic E-state index is 0.113. The first-order valence-electron chi connectivity index (χ1n) is 10.0. The van der Waals surface area contributed by atoms with Crippen LogP contribution in [0.15, 0.2) is 77.7 Å². The van der Waals surface area contributed by atoms with Crippen LogP contribution >= 0.6 is 0 Å². The number of aryl methyl sites for hydroxylation is 1. The number of amides is 1. The lowest BCUT2D eigenvalue weighted by molar-refractivity contribution is -0.118. The van der Waals surface area contributed by atoms with E-state index in [-0.39, 0.29) is 23.5 Å². The van der Waals surface area contributed by atoms with Crippen molar-refractivity contribution in [1.82, 2.24) is 4.72 Å². The molecule has 32 heavy (non-hydrogen) atoms. The number of benzene rings is 3. The summed E-state index contributed by atoms with van der Waals surface area (Å²) in [6.07, 6.45) is 0. The van der Waals surface area contributed by atoms with E-state index in [9.17, 15) is 13.2 Å². The number of carbonyl (C=O) groups is 1. The SMILES string of the molecule is COc1ccc(C)cc1NC(=O)COc1ccc(S(=O)(=O)N[C@@H](C)c2ccccc2)cc1. The Morgan fingerprint density at radius 3 is 2.34 bits per heavy atom. The van der Waals surface area contributed by atoms with Crippen molar-refractivity contribution in [3.8, 4) is 11.5 Å². The first kappa shape index (κ1) is 23.3. The fourth-order valence-electron chi connectivity index (χ4n) is 3.08. The van der Waals surface area contributed by atoms with E-state index in [1.165, 1.54) is 31.4 Å². The summed E-state index contributed by atoms with van der Waals surface area (Å²) in [6, 6.07) is 20.3. The Labute approximate surface area is 188 Å². The molecule has 7 nitrogen and oxygen atoms in total. The maximum absolute atomic E-state index is 12.7. The van der Waals surface area contributed by atoms with Gasteiger partial charge in [-0.15, -0.1) is 0 Å². The van der Waals surface area contributed by atoms with Gasteiger partial charge in [-0.3, -0.25) is 4.79 Å². The molecule has 0 aliphatic carbocycles. The monoisotopic (exact) mass is 454 g/mol. The Morgan fingerprint density at radius 2 is 1.69 bits per heavy atom. The number of carbonyl (C=O) groups excluding carboxylic acids is 1. The second-order valence-corrected chi connectivity index (χ2v) is 8.98. The van der Waals surface area contributed by atoms with Crippen molar-refractivity contribution in [3.05, 3.63) is 83.9 Å². The van der Waals surface area contributed by atoms with Gasteiger partial charge in [0.25, 0.3) is 5.91 Å². The van der Waals surface area contributed by atoms with Crippen LogP contribution in [0.25, 0.3) is 0 Å². The predicted octanol–water partition coefficient (Wildman–Crippen LogP) is 4.06. The highest BCUT2D eigenvalue weighted by Crippen LogP contribution is 2.25. The molecular formula is C24H26N2O5S. The van der Waals surface area contributed by atoms with Crippen LogP contribution in [-0.4, -0.2) is 28.0 Å². The van der Waals surface area contributed by atoms with Crippen LogP contribution in [0.4, 0.5) is 5.69 Å². The summed E-state index contributed by atoms with van der Waals surface area (Å²) in [7, 11) is -2.18. The lowest BCUT2D eigenvalue weighted by Gasteiger charge is -2.15. The third-order valence-electron chi connectivity index (χ3n) is 4.76. The molecule has 0 aliphatic heterocycles. The zero-order valence-electron chi connectivity index (χ0n) is 18.2. The van der Waals surface area contributed by atoms with Crippen molar-refractivity contribution in [1.29, 1.82) is 0 Å². The molecule has 0 spiro atoms. The van der Waals surface area contributed by atoms with Crippen molar-refractivity contribution in [2.24, 2.45) is 0 Å². The Hall–Kier alpha value is -3.36. The van der Waals surface area contributed by atoms with E-state index in [2.05, 4.69) is 10.0 Å². The fourth-order valence-corrected chi connectivity index (χ4v) is 4.31. The summed E-state index contributed by atoms with van der Waals surface area (Å²) in [4.78, 5) is 12.4. The minimum Gasteiger partial charge on any atom is -0.495 e. The first-order chi connectivity index (χ1) is 15.3. The third kappa shape index (κ3) is 6.09. The van der Waals surface area contributed by atoms with Gasteiger partial charge in [-0.25, -0.2) is 13.1 Å². The van der Waals surface area contributed by atoms with Gasteiger partial charge in [0, 0.05) is 6.04 Å². The summed E-state index contributed by atoms with van der Waals surface area (Å²) >= 11 is 0. The highest BCUT2D eigenvalue weighted by atomic mass is 32.2. The molecule has 1 atom stereocenters. The van der Waals surface area contributed by atoms with Crippen LogP contribution in [0.5, 0.6) is 11.5 Å². The molecule has 3 rings (SSSR count). The van der Waals surface area contributed by atoms with Gasteiger partial charge in [-0.1, -0.05) is 36.4 Å². The quantitative estimate of drug-likeness (QED) is 0.509. The third-order valence-corrected chi connectivity index (χ3v) is 6.32. The predicted molar refractivity (Wildman–Crippen MR) is 123 cm³/mol. The number of nitrogens with one attached hydrogen (secondary N) is 2. The summed E-state index contributed by atoms with van der Waals surface area (Å²) < 4.78 is 38.7. The van der Waals surface area contributed by atoms with Crippen LogP contribution in [0.1, 0.15) is 24.1 Å². The maximum Gasteiger partial charge on any atom is 0.262 e. The average Bonchev–Trinajstić information content (AvgIpc) is 2.78. The van der Waals surface area contributed by atoms with Gasteiger partial charge in [-0.05, 0) is 61.4 Å². The molecule has 0 radical (unpaired) electrons. The van der Waals surface area contributed by atoms with Crippen LogP contribution in [0.3, 0.4) is 0 Å². The van der Waals surface area contributed by atoms with E-state index in [1.54, 1.807) is 19.1 Å². The number of ether oxygens (including phenoxy) is 2. The molecule has 3 aromatic rings. The molecule has 2 N–H and O–H groups in total. The Kier molecular flexibility index (Phi) is 7.50.